The average Bonchev–Trinajstić information content (AvgIpc) is 3.45. The molecule has 2 aromatic carbocycles. The van der Waals surface area contributed by atoms with E-state index in [-0.39, 0.29) is 29.7 Å². The molecule has 1 saturated heterocycles. The highest BCUT2D eigenvalue weighted by molar-refractivity contribution is 7.10. The first-order chi connectivity index (χ1) is 19.9. The molecule has 3 aromatic rings. The van der Waals surface area contributed by atoms with Crippen LogP contribution < -0.4 is 10.2 Å². The maximum absolute atomic E-state index is 13.9. The third-order valence-electron chi connectivity index (χ3n) is 8.32. The molecule has 1 amide bonds. The van der Waals surface area contributed by atoms with Crippen molar-refractivity contribution in [2.45, 2.75) is 32.7 Å². The number of rotatable bonds is 6. The molecule has 1 aromatic heterocycles. The Hall–Kier alpha value is -3.68. The van der Waals surface area contributed by atoms with Gasteiger partial charge >= 0.3 is 0 Å². The Morgan fingerprint density at radius 3 is 2.49 bits per heavy atom. The lowest BCUT2D eigenvalue weighted by molar-refractivity contribution is -0.131. The van der Waals surface area contributed by atoms with Gasteiger partial charge in [0.05, 0.1) is 24.0 Å². The molecule has 6 nitrogen and oxygen atoms in total. The van der Waals surface area contributed by atoms with Crippen LogP contribution in [-0.2, 0) is 9.59 Å². The fourth-order valence-corrected chi connectivity index (χ4v) is 7.14. The standard InChI is InChI=1S/C34H38N4O2S/c1-34(2)22-27-32(29(39)23-34)33(30-15-9-21-41-30)38(28-14-7-6-13-26(28)35-27)24-31(40)37-19-17-36(18-20-37)16-8-12-25-10-4-3-5-11-25/h3-15,21,33,35H,16-20,22-24H2,1-2H3/b12-8+. The van der Waals surface area contributed by atoms with Crippen LogP contribution in [0, 0.1) is 5.41 Å². The molecule has 41 heavy (non-hydrogen) atoms. The number of fused-ring (bicyclic) bond motifs is 1. The fourth-order valence-electron chi connectivity index (χ4n) is 6.30. The number of piperazine rings is 1. The number of nitrogens with zero attached hydrogens (tertiary/aromatic N) is 3. The predicted molar refractivity (Wildman–Crippen MR) is 168 cm³/mol. The quantitative estimate of drug-likeness (QED) is 0.384. The van der Waals surface area contributed by atoms with Gasteiger partial charge in [0.2, 0.25) is 5.91 Å². The first-order valence-corrected chi connectivity index (χ1v) is 15.4. The van der Waals surface area contributed by atoms with Crippen LogP contribution in [0.25, 0.3) is 6.08 Å². The summed E-state index contributed by atoms with van der Waals surface area (Å²) >= 11 is 1.65. The van der Waals surface area contributed by atoms with Gasteiger partial charge in [0.1, 0.15) is 0 Å². The second-order valence-electron chi connectivity index (χ2n) is 12.0. The second kappa shape index (κ2) is 11.7. The number of anilines is 2. The van der Waals surface area contributed by atoms with E-state index in [1.54, 1.807) is 11.3 Å². The van der Waals surface area contributed by atoms with Gasteiger partial charge < -0.3 is 15.1 Å². The normalized spacial score (nSPS) is 20.9. The minimum absolute atomic E-state index is 0.105. The minimum atomic E-state index is -0.293. The van der Waals surface area contributed by atoms with E-state index in [9.17, 15) is 9.59 Å². The predicted octanol–water partition coefficient (Wildman–Crippen LogP) is 6.22. The minimum Gasteiger partial charge on any atom is -0.357 e. The summed E-state index contributed by atoms with van der Waals surface area (Å²) in [5, 5.41) is 5.70. The van der Waals surface area contributed by atoms with Crippen LogP contribution in [0.3, 0.4) is 0 Å². The van der Waals surface area contributed by atoms with Gasteiger partial charge in [-0.25, -0.2) is 0 Å². The number of hydrogen-bond acceptors (Lipinski definition) is 6. The number of carbonyl (C=O) groups excluding carboxylic acids is 2. The van der Waals surface area contributed by atoms with E-state index in [2.05, 4.69) is 76.8 Å². The monoisotopic (exact) mass is 566 g/mol. The number of ketones is 1. The number of thiophene rings is 1. The SMILES string of the molecule is CC1(C)CC(=O)C2=C(C1)Nc1ccccc1N(CC(=O)N1CCN(C/C=C/c3ccccc3)CC1)C2c1cccs1. The molecular formula is C34H38N4O2S. The van der Waals surface area contributed by atoms with Crippen molar-refractivity contribution in [2.75, 3.05) is 49.5 Å². The first kappa shape index (κ1) is 27.5. The average molecular weight is 567 g/mol. The number of carbonyl (C=O) groups is 2. The molecule has 3 aliphatic rings. The summed E-state index contributed by atoms with van der Waals surface area (Å²) in [5.41, 5.74) is 4.80. The van der Waals surface area contributed by atoms with Crippen LogP contribution in [0.1, 0.15) is 43.2 Å². The van der Waals surface area contributed by atoms with Gasteiger partial charge in [-0.05, 0) is 41.0 Å². The van der Waals surface area contributed by atoms with E-state index >= 15 is 0 Å². The van der Waals surface area contributed by atoms with Crippen molar-refractivity contribution in [1.82, 2.24) is 9.80 Å². The highest BCUT2D eigenvalue weighted by Gasteiger charge is 2.42. The maximum Gasteiger partial charge on any atom is 0.242 e. The second-order valence-corrected chi connectivity index (χ2v) is 13.0. The van der Waals surface area contributed by atoms with Crippen molar-refractivity contribution >= 4 is 40.5 Å². The van der Waals surface area contributed by atoms with Crippen LogP contribution in [0.15, 0.2) is 89.5 Å². The lowest BCUT2D eigenvalue weighted by atomic mass is 9.74. The zero-order chi connectivity index (χ0) is 28.4. The van der Waals surface area contributed by atoms with Gasteiger partial charge in [-0.1, -0.05) is 74.5 Å². The lowest BCUT2D eigenvalue weighted by Crippen LogP contribution is -2.51. The molecule has 0 radical (unpaired) electrons. The Balaban J connectivity index is 1.22. The van der Waals surface area contributed by atoms with E-state index in [0.29, 0.717) is 19.5 Å². The Kier molecular flexibility index (Phi) is 7.82. The Labute approximate surface area is 247 Å². The molecule has 6 rings (SSSR count). The smallest absolute Gasteiger partial charge is 0.242 e. The summed E-state index contributed by atoms with van der Waals surface area (Å²) in [7, 11) is 0. The third-order valence-corrected chi connectivity index (χ3v) is 9.25. The van der Waals surface area contributed by atoms with Gasteiger partial charge in [-0.2, -0.15) is 0 Å². The summed E-state index contributed by atoms with van der Waals surface area (Å²) < 4.78 is 0. The number of nitrogens with one attached hydrogen (secondary N) is 1. The molecule has 3 heterocycles. The van der Waals surface area contributed by atoms with E-state index < -0.39 is 0 Å². The summed E-state index contributed by atoms with van der Waals surface area (Å²) in [6, 6.07) is 22.3. The molecule has 1 unspecified atom stereocenters. The topological polar surface area (TPSA) is 55.9 Å². The van der Waals surface area contributed by atoms with Gasteiger partial charge in [0, 0.05) is 55.3 Å². The van der Waals surface area contributed by atoms with Crippen LogP contribution in [-0.4, -0.2) is 60.8 Å². The molecule has 0 spiro atoms. The van der Waals surface area contributed by atoms with Gasteiger partial charge in [0.15, 0.2) is 5.78 Å². The molecule has 0 bridgehead atoms. The van der Waals surface area contributed by atoms with Crippen LogP contribution in [0.2, 0.25) is 0 Å². The number of para-hydroxylation sites is 2. The van der Waals surface area contributed by atoms with E-state index in [1.807, 2.05) is 41.3 Å². The fraction of sp³-hybridized carbons (Fsp3) is 0.353. The third kappa shape index (κ3) is 6.02. The summed E-state index contributed by atoms with van der Waals surface area (Å²) in [5.74, 6) is 0.276. The Morgan fingerprint density at radius 1 is 0.976 bits per heavy atom. The molecule has 1 N–H and O–H groups in total. The zero-order valence-electron chi connectivity index (χ0n) is 23.9. The van der Waals surface area contributed by atoms with Gasteiger partial charge in [-0.3, -0.25) is 14.5 Å². The van der Waals surface area contributed by atoms with Crippen molar-refractivity contribution in [2.24, 2.45) is 5.41 Å². The van der Waals surface area contributed by atoms with Crippen molar-refractivity contribution in [3.05, 3.63) is 99.9 Å². The van der Waals surface area contributed by atoms with E-state index in [0.717, 1.165) is 53.6 Å². The molecule has 1 fully saturated rings. The maximum atomic E-state index is 13.9. The van der Waals surface area contributed by atoms with Crippen molar-refractivity contribution in [3.8, 4) is 0 Å². The highest BCUT2D eigenvalue weighted by Crippen LogP contribution is 2.48. The van der Waals surface area contributed by atoms with E-state index in [1.165, 1.54) is 5.56 Å². The molecule has 0 saturated carbocycles. The molecule has 1 aliphatic carbocycles. The molecule has 1 atom stereocenters. The van der Waals surface area contributed by atoms with Crippen LogP contribution in [0.5, 0.6) is 0 Å². The highest BCUT2D eigenvalue weighted by atomic mass is 32.1. The summed E-state index contributed by atoms with van der Waals surface area (Å²) in [4.78, 5) is 35.3. The van der Waals surface area contributed by atoms with Crippen molar-refractivity contribution in [1.29, 1.82) is 0 Å². The number of benzene rings is 2. The molecule has 7 heteroatoms. The Morgan fingerprint density at radius 2 is 1.73 bits per heavy atom. The number of Topliss-reactive ketones (excluding diaryl/α,β-unsaturated/α-hetero) is 1. The summed E-state index contributed by atoms with van der Waals surface area (Å²) in [6.07, 6.45) is 5.66. The summed E-state index contributed by atoms with van der Waals surface area (Å²) in [6.45, 7) is 8.52. The molecular weight excluding hydrogens is 528 g/mol. The number of hydrogen-bond donors (Lipinski definition) is 1. The number of amides is 1. The molecule has 2 aliphatic heterocycles. The zero-order valence-corrected chi connectivity index (χ0v) is 24.7. The largest absolute Gasteiger partial charge is 0.357 e. The van der Waals surface area contributed by atoms with Crippen LogP contribution >= 0.6 is 11.3 Å². The number of allylic oxidation sites excluding steroid dienone is 1. The van der Waals surface area contributed by atoms with Crippen molar-refractivity contribution < 1.29 is 9.59 Å². The Bertz CT molecular complexity index is 1450. The van der Waals surface area contributed by atoms with Gasteiger partial charge in [-0.15, -0.1) is 11.3 Å². The van der Waals surface area contributed by atoms with Crippen LogP contribution in [0.4, 0.5) is 11.4 Å². The molecule has 212 valence electrons. The van der Waals surface area contributed by atoms with Gasteiger partial charge in [0.25, 0.3) is 0 Å². The lowest BCUT2D eigenvalue weighted by Gasteiger charge is -2.39. The van der Waals surface area contributed by atoms with Crippen molar-refractivity contribution in [3.63, 3.8) is 0 Å². The first-order valence-electron chi connectivity index (χ1n) is 14.5. The van der Waals surface area contributed by atoms with E-state index in [4.69, 9.17) is 0 Å².